The van der Waals surface area contributed by atoms with Gasteiger partial charge in [0.15, 0.2) is 15.8 Å². The Labute approximate surface area is 202 Å². The van der Waals surface area contributed by atoms with Crippen LogP contribution in [0.5, 0.6) is 0 Å². The van der Waals surface area contributed by atoms with Gasteiger partial charge >= 0.3 is 0 Å². The molecule has 2 atom stereocenters. The van der Waals surface area contributed by atoms with E-state index in [1.54, 1.807) is 16.8 Å². The molecule has 4 heterocycles. The lowest BCUT2D eigenvalue weighted by Gasteiger charge is -2.34. The van der Waals surface area contributed by atoms with Gasteiger partial charge in [-0.3, -0.25) is 4.40 Å². The summed E-state index contributed by atoms with van der Waals surface area (Å²) in [7, 11) is -1.48. The van der Waals surface area contributed by atoms with Crippen molar-refractivity contribution in [2.24, 2.45) is 0 Å². The number of aliphatic hydroxyl groups excluding tert-OH is 1. The molecule has 5 rings (SSSR count). The topological polar surface area (TPSA) is 105 Å². The van der Waals surface area contributed by atoms with Crippen molar-refractivity contribution in [2.75, 3.05) is 31.2 Å². The maximum absolute atomic E-state index is 13.1. The Morgan fingerprint density at radius 2 is 2.15 bits per heavy atom. The fourth-order valence-corrected chi connectivity index (χ4v) is 5.48. The third kappa shape index (κ3) is 5.13. The number of hydrogen-bond donors (Lipinski definition) is 2. The molecular formula is C21H28F2N6O3S2. The Kier molecular flexibility index (Phi) is 7.57. The van der Waals surface area contributed by atoms with Crippen molar-refractivity contribution in [2.45, 2.75) is 56.6 Å². The minimum Gasteiger partial charge on any atom is -0.394 e. The molecule has 0 radical (unpaired) electrons. The van der Waals surface area contributed by atoms with Crippen molar-refractivity contribution in [3.63, 3.8) is 0 Å². The van der Waals surface area contributed by atoms with E-state index in [-0.39, 0.29) is 28.3 Å². The second-order valence-corrected chi connectivity index (χ2v) is 10.4. The first kappa shape index (κ1) is 25.0. The molecule has 1 saturated heterocycles. The zero-order valence-corrected chi connectivity index (χ0v) is 20.8. The first-order valence-corrected chi connectivity index (χ1v) is 13.1. The zero-order chi connectivity index (χ0) is 24.5. The van der Waals surface area contributed by atoms with E-state index in [1.807, 2.05) is 26.8 Å². The second-order valence-electron chi connectivity index (χ2n) is 8.20. The number of aliphatic hydroxyl groups is 1. The smallest absolute Gasteiger partial charge is 0.291 e. The predicted molar refractivity (Wildman–Crippen MR) is 127 cm³/mol. The summed E-state index contributed by atoms with van der Waals surface area (Å²) < 4.78 is 49.7. The number of aromatic nitrogens is 4. The summed E-state index contributed by atoms with van der Waals surface area (Å²) in [5.41, 5.74) is 1.34. The third-order valence-corrected chi connectivity index (χ3v) is 7.91. The van der Waals surface area contributed by atoms with E-state index in [0.717, 1.165) is 29.9 Å². The van der Waals surface area contributed by atoms with E-state index in [2.05, 4.69) is 24.8 Å². The molecule has 0 amide bonds. The van der Waals surface area contributed by atoms with Gasteiger partial charge < -0.3 is 14.7 Å². The molecule has 0 bridgehead atoms. The number of hydrogen-bond acceptors (Lipinski definition) is 8. The highest BCUT2D eigenvalue weighted by atomic mass is 32.2. The van der Waals surface area contributed by atoms with E-state index >= 15 is 0 Å². The van der Waals surface area contributed by atoms with Gasteiger partial charge in [0.2, 0.25) is 0 Å². The van der Waals surface area contributed by atoms with Crippen molar-refractivity contribution in [3.05, 3.63) is 23.5 Å². The highest BCUT2D eigenvalue weighted by molar-refractivity contribution is 7.83. The van der Waals surface area contributed by atoms with Crippen LogP contribution in [0.3, 0.4) is 0 Å². The molecule has 1 aliphatic heterocycles. The number of alkyl halides is 2. The third-order valence-electron chi connectivity index (χ3n) is 5.65. The Bertz CT molecular complexity index is 1170. The average Bonchev–Trinajstić information content (AvgIpc) is 3.23. The predicted octanol–water partition coefficient (Wildman–Crippen LogP) is 3.18. The molecule has 2 N–H and O–H groups in total. The summed E-state index contributed by atoms with van der Waals surface area (Å²) in [4.78, 5) is 7.00. The molecule has 1 aliphatic carbocycles. The van der Waals surface area contributed by atoms with Crippen LogP contribution in [0.2, 0.25) is 0 Å². The number of imidazole rings is 1. The van der Waals surface area contributed by atoms with E-state index in [0.29, 0.717) is 35.9 Å². The minimum atomic E-state index is -2.71. The van der Waals surface area contributed by atoms with Gasteiger partial charge in [0.25, 0.3) is 6.43 Å². The van der Waals surface area contributed by atoms with E-state index < -0.39 is 17.4 Å². The summed E-state index contributed by atoms with van der Waals surface area (Å²) >= 11 is 0.780. The van der Waals surface area contributed by atoms with Gasteiger partial charge in [-0.2, -0.15) is 0 Å². The summed E-state index contributed by atoms with van der Waals surface area (Å²) in [5, 5.41) is 16.9. The minimum absolute atomic E-state index is 0.107. The molecule has 2 fully saturated rings. The van der Waals surface area contributed by atoms with Crippen LogP contribution in [0, 0.1) is 0 Å². The highest BCUT2D eigenvalue weighted by Crippen LogP contribution is 2.37. The first-order valence-electron chi connectivity index (χ1n) is 11.2. The zero-order valence-electron chi connectivity index (χ0n) is 19.2. The Hall–Kier alpha value is -2.06. The van der Waals surface area contributed by atoms with Gasteiger partial charge in [-0.25, -0.2) is 22.7 Å². The van der Waals surface area contributed by atoms with Crippen molar-refractivity contribution in [3.8, 4) is 10.8 Å². The Morgan fingerprint density at radius 3 is 2.79 bits per heavy atom. The Balaban J connectivity index is 0.00000133. The van der Waals surface area contributed by atoms with E-state index in [4.69, 9.17) is 4.74 Å². The molecule has 186 valence electrons. The molecule has 9 nitrogen and oxygen atoms in total. The number of ether oxygens (including phenoxy) is 1. The number of rotatable bonds is 7. The average molecular weight is 515 g/mol. The van der Waals surface area contributed by atoms with Crippen molar-refractivity contribution in [1.82, 2.24) is 24.3 Å². The molecule has 3 aromatic heterocycles. The molecule has 1 saturated carbocycles. The molecule has 13 heteroatoms. The largest absolute Gasteiger partial charge is 0.394 e. The number of nitrogens with one attached hydrogen (secondary N) is 1. The fraction of sp³-hybridized carbons (Fsp3) is 0.571. The summed E-state index contributed by atoms with van der Waals surface area (Å²) in [5.74, 6) is 0.356. The summed E-state index contributed by atoms with van der Waals surface area (Å²) in [6.07, 6.45) is 2.20. The lowest BCUT2D eigenvalue weighted by Crippen LogP contribution is -2.44. The normalized spacial score (nSPS) is 20.3. The van der Waals surface area contributed by atoms with Gasteiger partial charge in [-0.05, 0) is 25.8 Å². The fourth-order valence-electron chi connectivity index (χ4n) is 3.60. The van der Waals surface area contributed by atoms with Crippen LogP contribution in [0.4, 0.5) is 14.5 Å². The highest BCUT2D eigenvalue weighted by Gasteiger charge is 2.39. The monoisotopic (exact) mass is 514 g/mol. The van der Waals surface area contributed by atoms with Crippen LogP contribution in [0.15, 0.2) is 23.4 Å². The number of anilines is 1. The summed E-state index contributed by atoms with van der Waals surface area (Å²) in [6, 6.07) is 1.85. The molecule has 0 spiro atoms. The van der Waals surface area contributed by atoms with Crippen LogP contribution in [-0.2, 0) is 15.7 Å². The summed E-state index contributed by atoms with van der Waals surface area (Å²) in [6.45, 7) is 7.40. The Morgan fingerprint density at radius 1 is 1.38 bits per heavy atom. The van der Waals surface area contributed by atoms with Gasteiger partial charge in [0, 0.05) is 24.8 Å². The number of halogens is 2. The molecular weight excluding hydrogens is 486 g/mol. The van der Waals surface area contributed by atoms with Gasteiger partial charge in [-0.15, -0.1) is 10.2 Å². The second kappa shape index (κ2) is 10.3. The molecule has 3 aromatic rings. The van der Waals surface area contributed by atoms with Crippen LogP contribution in [-0.4, -0.2) is 66.8 Å². The first-order chi connectivity index (χ1) is 16.4. The van der Waals surface area contributed by atoms with Crippen LogP contribution in [0.1, 0.15) is 45.0 Å². The number of pyridine rings is 1. The molecule has 2 aliphatic rings. The van der Waals surface area contributed by atoms with E-state index in [9.17, 15) is 18.1 Å². The molecule has 34 heavy (non-hydrogen) atoms. The molecule has 2 unspecified atom stereocenters. The van der Waals surface area contributed by atoms with Crippen molar-refractivity contribution in [1.29, 1.82) is 0 Å². The number of morpholine rings is 1. The standard InChI is InChI=1S/C19H22F2N6O3S2.C2H6/c1-19(2-3-19)25-32(29)12-6-13(26-4-5-30-11(8-26)10-28)14-7-22-16(27(14)9-12)18-24-23-17(31-18)15(20)21;1-2/h6-7,9,11,15,25,28H,2-5,8,10H2,1H3;1-2H3. The quantitative estimate of drug-likeness (QED) is 0.499. The SMILES string of the molecule is CC.CC1(NS(=O)c2cc(N3CCOC(CO)C3)c3cnc(-c4nnc(C(F)F)s4)n3c2)CC1. The van der Waals surface area contributed by atoms with Crippen LogP contribution < -0.4 is 9.62 Å². The van der Waals surface area contributed by atoms with Gasteiger partial charge in [-0.1, -0.05) is 25.2 Å². The van der Waals surface area contributed by atoms with Crippen molar-refractivity contribution >= 4 is 33.5 Å². The van der Waals surface area contributed by atoms with Crippen LogP contribution in [0.25, 0.3) is 16.3 Å². The van der Waals surface area contributed by atoms with Crippen LogP contribution >= 0.6 is 11.3 Å². The molecule has 0 aromatic carbocycles. The maximum Gasteiger partial charge on any atom is 0.291 e. The number of fused-ring (bicyclic) bond motifs is 1. The lowest BCUT2D eigenvalue weighted by atomic mass is 10.2. The van der Waals surface area contributed by atoms with Gasteiger partial charge in [0.05, 0.1) is 41.6 Å². The van der Waals surface area contributed by atoms with E-state index in [1.165, 1.54) is 0 Å². The maximum atomic E-state index is 13.1. The lowest BCUT2D eigenvalue weighted by molar-refractivity contribution is 0.00361. The number of nitrogens with zero attached hydrogens (tertiary/aromatic N) is 5. The van der Waals surface area contributed by atoms with Crippen molar-refractivity contribution < 1.29 is 22.8 Å². The van der Waals surface area contributed by atoms with Gasteiger partial charge in [0.1, 0.15) is 11.0 Å².